The minimum atomic E-state index is -0.182. The molecule has 0 fully saturated rings. The summed E-state index contributed by atoms with van der Waals surface area (Å²) in [5.74, 6) is 0.855. The van der Waals surface area contributed by atoms with E-state index in [2.05, 4.69) is 28.7 Å². The van der Waals surface area contributed by atoms with Crippen molar-refractivity contribution in [2.24, 2.45) is 0 Å². The van der Waals surface area contributed by atoms with Crippen LogP contribution in [0.2, 0.25) is 0 Å². The molecular formula is C17H24FN3. The second kappa shape index (κ2) is 7.93. The van der Waals surface area contributed by atoms with E-state index in [1.807, 2.05) is 18.5 Å². The number of nitrogens with one attached hydrogen (secondary N) is 1. The van der Waals surface area contributed by atoms with E-state index in [-0.39, 0.29) is 11.9 Å². The normalized spacial score (nSPS) is 12.5. The average molecular weight is 289 g/mol. The molecule has 0 aliphatic rings. The Labute approximate surface area is 126 Å². The lowest BCUT2D eigenvalue weighted by atomic mass is 10.0. The van der Waals surface area contributed by atoms with E-state index in [0.717, 1.165) is 43.7 Å². The van der Waals surface area contributed by atoms with Gasteiger partial charge in [0.05, 0.1) is 6.04 Å². The Balaban J connectivity index is 2.19. The second-order valence-electron chi connectivity index (χ2n) is 5.32. The number of rotatable bonds is 8. The van der Waals surface area contributed by atoms with Crippen molar-refractivity contribution < 1.29 is 4.39 Å². The number of hydrogen-bond donors (Lipinski definition) is 1. The number of nitrogens with zero attached hydrogens (tertiary/aromatic N) is 2. The largest absolute Gasteiger partial charge is 0.334 e. The van der Waals surface area contributed by atoms with E-state index >= 15 is 0 Å². The average Bonchev–Trinajstić information content (AvgIpc) is 2.92. The molecule has 0 aliphatic carbocycles. The molecule has 0 aliphatic heterocycles. The monoisotopic (exact) mass is 289 g/mol. The van der Waals surface area contributed by atoms with Crippen molar-refractivity contribution >= 4 is 0 Å². The van der Waals surface area contributed by atoms with Crippen LogP contribution in [0.25, 0.3) is 0 Å². The van der Waals surface area contributed by atoms with Crippen molar-refractivity contribution in [3.8, 4) is 0 Å². The molecule has 1 heterocycles. The molecule has 1 aromatic heterocycles. The summed E-state index contributed by atoms with van der Waals surface area (Å²) in [5, 5.41) is 3.53. The van der Waals surface area contributed by atoms with Gasteiger partial charge in [-0.05, 0) is 43.5 Å². The first-order valence-electron chi connectivity index (χ1n) is 7.73. The van der Waals surface area contributed by atoms with Gasteiger partial charge < -0.3 is 9.88 Å². The highest BCUT2D eigenvalue weighted by molar-refractivity contribution is 5.19. The van der Waals surface area contributed by atoms with Crippen molar-refractivity contribution in [3.05, 3.63) is 53.9 Å². The standard InChI is InChI=1S/C17H24FN3/c1-3-8-19-16(13-14-6-5-7-15(18)12-14)17-20-9-11-21(17)10-4-2/h5-7,9,11-12,16,19H,3-4,8,10,13H2,1-2H3. The number of aryl methyl sites for hydroxylation is 1. The summed E-state index contributed by atoms with van der Waals surface area (Å²) in [6.07, 6.45) is 6.75. The summed E-state index contributed by atoms with van der Waals surface area (Å²) in [6.45, 7) is 6.19. The lowest BCUT2D eigenvalue weighted by Gasteiger charge is -2.20. The smallest absolute Gasteiger partial charge is 0.126 e. The summed E-state index contributed by atoms with van der Waals surface area (Å²) in [5.41, 5.74) is 0.995. The van der Waals surface area contributed by atoms with Crippen LogP contribution < -0.4 is 5.32 Å². The van der Waals surface area contributed by atoms with E-state index < -0.39 is 0 Å². The molecule has 2 rings (SSSR count). The van der Waals surface area contributed by atoms with Crippen LogP contribution in [0, 0.1) is 5.82 Å². The Bertz CT molecular complexity index is 550. The van der Waals surface area contributed by atoms with Gasteiger partial charge in [-0.3, -0.25) is 0 Å². The molecule has 1 N–H and O–H groups in total. The van der Waals surface area contributed by atoms with Crippen molar-refractivity contribution in [1.82, 2.24) is 14.9 Å². The maximum atomic E-state index is 13.4. The van der Waals surface area contributed by atoms with Crippen molar-refractivity contribution in [2.75, 3.05) is 6.54 Å². The Hall–Kier alpha value is -1.68. The van der Waals surface area contributed by atoms with E-state index in [1.165, 1.54) is 6.07 Å². The summed E-state index contributed by atoms with van der Waals surface area (Å²) in [6, 6.07) is 6.94. The van der Waals surface area contributed by atoms with E-state index in [0.29, 0.717) is 0 Å². The molecule has 1 aromatic carbocycles. The lowest BCUT2D eigenvalue weighted by Crippen LogP contribution is -2.27. The zero-order valence-corrected chi connectivity index (χ0v) is 12.8. The van der Waals surface area contributed by atoms with Gasteiger partial charge in [-0.1, -0.05) is 26.0 Å². The van der Waals surface area contributed by atoms with Crippen LogP contribution in [0.15, 0.2) is 36.7 Å². The first kappa shape index (κ1) is 15.7. The third-order valence-corrected chi connectivity index (χ3v) is 3.49. The molecule has 0 radical (unpaired) electrons. The van der Waals surface area contributed by atoms with Gasteiger partial charge in [0.2, 0.25) is 0 Å². The number of hydrogen-bond acceptors (Lipinski definition) is 2. The highest BCUT2D eigenvalue weighted by Gasteiger charge is 2.17. The third-order valence-electron chi connectivity index (χ3n) is 3.49. The Morgan fingerprint density at radius 3 is 2.86 bits per heavy atom. The quantitative estimate of drug-likeness (QED) is 0.802. The number of imidazole rings is 1. The van der Waals surface area contributed by atoms with Gasteiger partial charge in [-0.2, -0.15) is 0 Å². The summed E-state index contributed by atoms with van der Waals surface area (Å²) < 4.78 is 15.6. The maximum Gasteiger partial charge on any atom is 0.126 e. The molecule has 21 heavy (non-hydrogen) atoms. The topological polar surface area (TPSA) is 29.9 Å². The Morgan fingerprint density at radius 1 is 1.29 bits per heavy atom. The number of halogens is 1. The summed E-state index contributed by atoms with van der Waals surface area (Å²) in [4.78, 5) is 4.51. The van der Waals surface area contributed by atoms with Gasteiger partial charge in [-0.25, -0.2) is 9.37 Å². The highest BCUT2D eigenvalue weighted by atomic mass is 19.1. The third kappa shape index (κ3) is 4.39. The van der Waals surface area contributed by atoms with Gasteiger partial charge >= 0.3 is 0 Å². The number of benzene rings is 1. The minimum absolute atomic E-state index is 0.119. The van der Waals surface area contributed by atoms with Gasteiger partial charge in [0, 0.05) is 18.9 Å². The molecule has 0 bridgehead atoms. The van der Waals surface area contributed by atoms with Gasteiger partial charge in [0.25, 0.3) is 0 Å². The van der Waals surface area contributed by atoms with E-state index in [9.17, 15) is 4.39 Å². The summed E-state index contributed by atoms with van der Waals surface area (Å²) in [7, 11) is 0. The van der Waals surface area contributed by atoms with Gasteiger partial charge in [0.1, 0.15) is 11.6 Å². The molecule has 114 valence electrons. The van der Waals surface area contributed by atoms with Crippen molar-refractivity contribution in [1.29, 1.82) is 0 Å². The molecule has 0 saturated carbocycles. The zero-order chi connectivity index (χ0) is 15.1. The molecule has 3 nitrogen and oxygen atoms in total. The summed E-state index contributed by atoms with van der Waals surface area (Å²) >= 11 is 0. The fraction of sp³-hybridized carbons (Fsp3) is 0.471. The fourth-order valence-corrected chi connectivity index (χ4v) is 2.53. The molecule has 4 heteroatoms. The van der Waals surface area contributed by atoms with Crippen LogP contribution in [0.3, 0.4) is 0 Å². The first-order chi connectivity index (χ1) is 10.2. The predicted molar refractivity (Wildman–Crippen MR) is 83.7 cm³/mol. The van der Waals surface area contributed by atoms with E-state index in [1.54, 1.807) is 12.1 Å². The van der Waals surface area contributed by atoms with Crippen LogP contribution in [-0.4, -0.2) is 16.1 Å². The Morgan fingerprint density at radius 2 is 2.14 bits per heavy atom. The number of aromatic nitrogens is 2. The van der Waals surface area contributed by atoms with Crippen molar-refractivity contribution in [3.63, 3.8) is 0 Å². The molecule has 2 aromatic rings. The SMILES string of the molecule is CCCNC(Cc1cccc(F)c1)c1nccn1CCC. The maximum absolute atomic E-state index is 13.4. The second-order valence-corrected chi connectivity index (χ2v) is 5.32. The van der Waals surface area contributed by atoms with Crippen LogP contribution in [0.5, 0.6) is 0 Å². The minimum Gasteiger partial charge on any atom is -0.334 e. The van der Waals surface area contributed by atoms with Crippen LogP contribution in [0.4, 0.5) is 4.39 Å². The van der Waals surface area contributed by atoms with Gasteiger partial charge in [0.15, 0.2) is 0 Å². The highest BCUT2D eigenvalue weighted by Crippen LogP contribution is 2.18. The molecule has 0 amide bonds. The fourth-order valence-electron chi connectivity index (χ4n) is 2.53. The lowest BCUT2D eigenvalue weighted by molar-refractivity contribution is 0.475. The molecule has 1 unspecified atom stereocenters. The van der Waals surface area contributed by atoms with Gasteiger partial charge in [-0.15, -0.1) is 0 Å². The van der Waals surface area contributed by atoms with E-state index in [4.69, 9.17) is 0 Å². The van der Waals surface area contributed by atoms with Crippen LogP contribution in [0.1, 0.15) is 44.1 Å². The molecule has 0 spiro atoms. The molecule has 1 atom stereocenters. The van der Waals surface area contributed by atoms with Crippen LogP contribution in [-0.2, 0) is 13.0 Å². The van der Waals surface area contributed by atoms with Crippen LogP contribution >= 0.6 is 0 Å². The first-order valence-corrected chi connectivity index (χ1v) is 7.73. The molecular weight excluding hydrogens is 265 g/mol. The van der Waals surface area contributed by atoms with Crippen molar-refractivity contribution in [2.45, 2.75) is 45.7 Å². The zero-order valence-electron chi connectivity index (χ0n) is 12.8. The Kier molecular flexibility index (Phi) is 5.93. The predicted octanol–water partition coefficient (Wildman–Crippen LogP) is 3.72. The molecule has 0 saturated heterocycles.